The van der Waals surface area contributed by atoms with Gasteiger partial charge >= 0.3 is 17.4 Å². The van der Waals surface area contributed by atoms with Crippen LogP contribution >= 0.6 is 0 Å². The number of hydrogen-bond donors (Lipinski definition) is 0. The Hall–Kier alpha value is -7.76. The van der Waals surface area contributed by atoms with Gasteiger partial charge in [0.05, 0.1) is 28.9 Å². The van der Waals surface area contributed by atoms with Gasteiger partial charge in [-0.1, -0.05) is 143 Å². The third kappa shape index (κ3) is 3.71. The summed E-state index contributed by atoms with van der Waals surface area (Å²) in [6.07, 6.45) is 0. The van der Waals surface area contributed by atoms with Gasteiger partial charge in [0, 0.05) is 22.9 Å². The number of fused-ring (bicyclic) bond motifs is 5. The fraction of sp³-hybridized carbons (Fsp3) is 0.0189. The minimum Gasteiger partial charge on any atom is -0.404 e. The van der Waals surface area contributed by atoms with Crippen LogP contribution in [0.5, 0.6) is 23.3 Å². The summed E-state index contributed by atoms with van der Waals surface area (Å²) in [7, 11) is 0. The zero-order valence-corrected chi connectivity index (χ0v) is 31.1. The van der Waals surface area contributed by atoms with Gasteiger partial charge in [0.25, 0.3) is 11.4 Å². The minimum atomic E-state index is -0.789. The summed E-state index contributed by atoms with van der Waals surface area (Å²) < 4.78 is 21.6. The average molecular weight is 742 g/mol. The topological polar surface area (TPSA) is 31.2 Å². The fourth-order valence-electron chi connectivity index (χ4n) is 10.4. The zero-order valence-electron chi connectivity index (χ0n) is 31.1. The second-order valence-electron chi connectivity index (χ2n) is 15.7. The van der Waals surface area contributed by atoms with Crippen LogP contribution in [0.25, 0.3) is 83.4 Å². The SMILES string of the molecule is c1ccc(-c2ccc(-c3cc4[n+]5c(c3)-c3cc(-c6ccc(-c7ccccc7)cc6)cc6[n+]3C53c5c(cccc5-n5c7ccccc7c7ccc(c3c75)O6)O4)cc2)cc1. The van der Waals surface area contributed by atoms with Crippen molar-refractivity contribution in [3.63, 3.8) is 0 Å². The number of ether oxygens (including phenoxy) is 2. The fourth-order valence-corrected chi connectivity index (χ4v) is 10.4. The molecule has 0 saturated carbocycles. The first-order valence-corrected chi connectivity index (χ1v) is 19.8. The first-order chi connectivity index (χ1) is 28.7. The maximum absolute atomic E-state index is 7.15. The molecule has 10 aromatic rings. The summed E-state index contributed by atoms with van der Waals surface area (Å²) in [4.78, 5) is 0. The smallest absolute Gasteiger partial charge is 0.404 e. The van der Waals surface area contributed by atoms with Gasteiger partial charge in [0.15, 0.2) is 22.6 Å². The Balaban J connectivity index is 1.07. The van der Waals surface area contributed by atoms with E-state index >= 15 is 0 Å². The number of hydrogen-bond acceptors (Lipinski definition) is 2. The van der Waals surface area contributed by atoms with Crippen LogP contribution < -0.4 is 18.6 Å². The second kappa shape index (κ2) is 10.8. The summed E-state index contributed by atoms with van der Waals surface area (Å²) in [5, 5.41) is 2.43. The highest BCUT2D eigenvalue weighted by molar-refractivity contribution is 6.12. The van der Waals surface area contributed by atoms with Gasteiger partial charge in [-0.2, -0.15) is 0 Å². The van der Waals surface area contributed by atoms with Gasteiger partial charge < -0.3 is 14.0 Å². The molecule has 0 amide bonds. The van der Waals surface area contributed by atoms with E-state index < -0.39 is 5.66 Å². The minimum absolute atomic E-state index is 0.789. The van der Waals surface area contributed by atoms with E-state index in [1.807, 2.05) is 0 Å². The quantitative estimate of drug-likeness (QED) is 0.168. The Labute approximate surface area is 333 Å². The molecule has 4 aliphatic rings. The standard InChI is InChI=1S/C53H31N3O2/c1-3-10-32(11-4-1)34-18-22-36(23-19-34)38-28-44-45-29-39(37-24-20-35(21-25-37)33-12-5-2-6-13-33)31-49-56(45)53-50-43(16-9-17-46(50)57-48(30-38)55(44)53)54-42-15-8-7-14-40(42)41-26-27-47(58-49)51(53)52(41)54/h1-31H/q+2. The van der Waals surface area contributed by atoms with Crippen LogP contribution in [-0.2, 0) is 5.66 Å². The van der Waals surface area contributed by atoms with Gasteiger partial charge in [-0.3, -0.25) is 0 Å². The molecule has 1 atom stereocenters. The maximum Gasteiger partial charge on any atom is 0.433 e. The van der Waals surface area contributed by atoms with Crippen LogP contribution in [0.1, 0.15) is 11.1 Å². The van der Waals surface area contributed by atoms with Gasteiger partial charge in [-0.15, -0.1) is 0 Å². The van der Waals surface area contributed by atoms with E-state index in [0.717, 1.165) is 73.7 Å². The number of rotatable bonds is 4. The monoisotopic (exact) mass is 741 g/mol. The van der Waals surface area contributed by atoms with E-state index in [2.05, 4.69) is 202 Å². The lowest BCUT2D eigenvalue weighted by Crippen LogP contribution is -2.74. The van der Waals surface area contributed by atoms with Crippen molar-refractivity contribution in [2.45, 2.75) is 5.66 Å². The Morgan fingerprint density at radius 1 is 0.379 bits per heavy atom. The van der Waals surface area contributed by atoms with Gasteiger partial charge in [-0.25, -0.2) is 0 Å². The van der Waals surface area contributed by atoms with Crippen LogP contribution in [0, 0.1) is 0 Å². The van der Waals surface area contributed by atoms with Crippen molar-refractivity contribution in [3.8, 4) is 84.8 Å². The van der Waals surface area contributed by atoms with Crippen molar-refractivity contribution in [2.75, 3.05) is 0 Å². The third-order valence-corrected chi connectivity index (χ3v) is 12.8. The molecule has 0 aliphatic carbocycles. The molecule has 3 aromatic heterocycles. The molecule has 0 radical (unpaired) electrons. The largest absolute Gasteiger partial charge is 0.433 e. The molecule has 4 aliphatic heterocycles. The molecule has 58 heavy (non-hydrogen) atoms. The molecule has 14 rings (SSSR count). The molecule has 1 unspecified atom stereocenters. The molecule has 7 aromatic carbocycles. The second-order valence-corrected chi connectivity index (χ2v) is 15.7. The molecule has 7 heterocycles. The molecule has 0 fully saturated rings. The van der Waals surface area contributed by atoms with Crippen LogP contribution in [0.15, 0.2) is 188 Å². The maximum atomic E-state index is 7.15. The molecule has 5 heteroatoms. The van der Waals surface area contributed by atoms with E-state index in [4.69, 9.17) is 9.47 Å². The predicted molar refractivity (Wildman–Crippen MR) is 227 cm³/mol. The Morgan fingerprint density at radius 3 is 1.47 bits per heavy atom. The Bertz CT molecular complexity index is 3290. The van der Waals surface area contributed by atoms with Crippen molar-refractivity contribution >= 4 is 21.8 Å². The third-order valence-electron chi connectivity index (χ3n) is 12.8. The summed E-state index contributed by atoms with van der Waals surface area (Å²) in [6.45, 7) is 0. The Morgan fingerprint density at radius 2 is 0.879 bits per heavy atom. The number of para-hydroxylation sites is 1. The van der Waals surface area contributed by atoms with E-state index in [0.29, 0.717) is 0 Å². The molecule has 0 saturated heterocycles. The van der Waals surface area contributed by atoms with Crippen LogP contribution in [-0.4, -0.2) is 4.57 Å². The average Bonchev–Trinajstić information content (AvgIpc) is 3.79. The van der Waals surface area contributed by atoms with E-state index in [-0.39, 0.29) is 0 Å². The first kappa shape index (κ1) is 30.5. The Kier molecular flexibility index (Phi) is 5.65. The number of benzene rings is 7. The number of aromatic nitrogens is 3. The molecule has 268 valence electrons. The van der Waals surface area contributed by atoms with Crippen molar-refractivity contribution in [1.29, 1.82) is 0 Å². The van der Waals surface area contributed by atoms with E-state index in [1.54, 1.807) is 0 Å². The summed E-state index contributed by atoms with van der Waals surface area (Å²) in [6, 6.07) is 67.7. The van der Waals surface area contributed by atoms with Gasteiger partial charge in [0.2, 0.25) is 0 Å². The van der Waals surface area contributed by atoms with Crippen LogP contribution in [0.3, 0.4) is 0 Å². The van der Waals surface area contributed by atoms with E-state index in [1.165, 1.54) is 44.1 Å². The normalized spacial score (nSPS) is 15.6. The number of nitrogens with zero attached hydrogens (tertiary/aromatic N) is 3. The summed E-state index contributed by atoms with van der Waals surface area (Å²) in [5.74, 6) is 3.29. The highest BCUT2D eigenvalue weighted by Gasteiger charge is 2.74. The molecule has 0 bridgehead atoms. The van der Waals surface area contributed by atoms with Crippen molar-refractivity contribution in [2.24, 2.45) is 0 Å². The molecule has 0 N–H and O–H groups in total. The van der Waals surface area contributed by atoms with Crippen molar-refractivity contribution in [3.05, 3.63) is 199 Å². The molecular weight excluding hydrogens is 711 g/mol. The highest BCUT2D eigenvalue weighted by atomic mass is 16.5. The van der Waals surface area contributed by atoms with Gasteiger partial charge in [-0.05, 0) is 74.8 Å². The molecular formula is C53H31N3O2+2. The van der Waals surface area contributed by atoms with Crippen molar-refractivity contribution in [1.82, 2.24) is 4.57 Å². The lowest BCUT2D eigenvalue weighted by atomic mass is 9.82. The van der Waals surface area contributed by atoms with Gasteiger partial charge in [0.1, 0.15) is 0 Å². The lowest BCUT2D eigenvalue weighted by molar-refractivity contribution is -0.943. The zero-order chi connectivity index (χ0) is 37.7. The summed E-state index contributed by atoms with van der Waals surface area (Å²) >= 11 is 0. The molecule has 1 spiro atoms. The number of pyridine rings is 2. The molecule has 5 nitrogen and oxygen atoms in total. The first-order valence-electron chi connectivity index (χ1n) is 19.8. The van der Waals surface area contributed by atoms with Crippen LogP contribution in [0.4, 0.5) is 0 Å². The lowest BCUT2D eigenvalue weighted by Gasteiger charge is -2.35. The summed E-state index contributed by atoms with van der Waals surface area (Å²) in [5.41, 5.74) is 16.3. The highest BCUT2D eigenvalue weighted by Crippen LogP contribution is 2.59. The van der Waals surface area contributed by atoms with Crippen molar-refractivity contribution < 1.29 is 18.6 Å². The predicted octanol–water partition coefficient (Wildman–Crippen LogP) is 11.8. The van der Waals surface area contributed by atoms with E-state index in [9.17, 15) is 0 Å². The van der Waals surface area contributed by atoms with Crippen LogP contribution in [0.2, 0.25) is 0 Å².